The van der Waals surface area contributed by atoms with E-state index in [1.54, 1.807) is 7.11 Å². The summed E-state index contributed by atoms with van der Waals surface area (Å²) in [7, 11) is 1.65. The molecule has 3 N–H and O–H groups in total. The number of ether oxygens (including phenoxy) is 2. The molecule has 0 bridgehead atoms. The summed E-state index contributed by atoms with van der Waals surface area (Å²) in [5.41, 5.74) is 5.40. The molecule has 0 rings (SSSR count). The molecule has 0 saturated heterocycles. The molecule has 0 aliphatic heterocycles. The van der Waals surface area contributed by atoms with Crippen molar-refractivity contribution in [1.29, 1.82) is 0 Å². The zero-order valence-electron chi connectivity index (χ0n) is 10.2. The van der Waals surface area contributed by atoms with Gasteiger partial charge in [-0.1, -0.05) is 12.1 Å². The maximum atomic E-state index is 8.40. The molecule has 6 nitrogen and oxygen atoms in total. The molecule has 0 amide bonds. The number of hydrogen-bond acceptors (Lipinski definition) is 5. The third-order valence-electron chi connectivity index (χ3n) is 2.24. The molecular formula is C10H23N3O3. The second kappa shape index (κ2) is 10.7. The number of methoxy groups -OCH3 is 1. The molecule has 0 aromatic heterocycles. The van der Waals surface area contributed by atoms with E-state index in [0.29, 0.717) is 26.2 Å². The van der Waals surface area contributed by atoms with Gasteiger partial charge in [0.2, 0.25) is 0 Å². The van der Waals surface area contributed by atoms with Gasteiger partial charge in [-0.05, 0) is 6.54 Å². The molecule has 0 unspecified atom stereocenters. The van der Waals surface area contributed by atoms with Gasteiger partial charge in [-0.3, -0.25) is 0 Å². The van der Waals surface area contributed by atoms with E-state index in [4.69, 9.17) is 20.4 Å². The van der Waals surface area contributed by atoms with Crippen molar-refractivity contribution in [3.63, 3.8) is 0 Å². The quantitative estimate of drug-likeness (QED) is 0.184. The van der Waals surface area contributed by atoms with Crippen LogP contribution in [-0.2, 0) is 9.47 Å². The van der Waals surface area contributed by atoms with Gasteiger partial charge < -0.3 is 25.3 Å². The van der Waals surface area contributed by atoms with E-state index in [1.807, 2.05) is 0 Å². The first-order valence-corrected chi connectivity index (χ1v) is 5.50. The summed E-state index contributed by atoms with van der Waals surface area (Å²) in [6.45, 7) is 6.53. The van der Waals surface area contributed by atoms with E-state index in [0.717, 1.165) is 19.6 Å². The normalized spacial score (nSPS) is 12.3. The minimum absolute atomic E-state index is 0.263. The van der Waals surface area contributed by atoms with Crippen LogP contribution in [0.4, 0.5) is 0 Å². The molecule has 16 heavy (non-hydrogen) atoms. The van der Waals surface area contributed by atoms with Crippen molar-refractivity contribution < 1.29 is 14.7 Å². The second-order valence-corrected chi connectivity index (χ2v) is 3.38. The molecule has 6 heteroatoms. The molecule has 0 spiro atoms. The highest BCUT2D eigenvalue weighted by Gasteiger charge is 2.03. The van der Waals surface area contributed by atoms with Gasteiger partial charge in [0.05, 0.1) is 19.8 Å². The lowest BCUT2D eigenvalue weighted by Crippen LogP contribution is -2.31. The molecule has 0 saturated carbocycles. The number of hydrogen-bond donors (Lipinski definition) is 2. The SMILES string of the molecule is CCN(CCOCCOC)CCC(N)=NO. The molecule has 0 aromatic rings. The van der Waals surface area contributed by atoms with Gasteiger partial charge in [-0.2, -0.15) is 0 Å². The summed E-state index contributed by atoms with van der Waals surface area (Å²) in [6, 6.07) is 0. The Labute approximate surface area is 97.0 Å². The lowest BCUT2D eigenvalue weighted by molar-refractivity contribution is 0.0582. The molecule has 0 fully saturated rings. The Bertz CT molecular complexity index is 188. The van der Waals surface area contributed by atoms with E-state index in [1.165, 1.54) is 0 Å². The van der Waals surface area contributed by atoms with Crippen LogP contribution >= 0.6 is 0 Å². The number of nitrogens with two attached hydrogens (primary N) is 1. The van der Waals surface area contributed by atoms with Crippen molar-refractivity contribution in [2.24, 2.45) is 10.9 Å². The molecular weight excluding hydrogens is 210 g/mol. The van der Waals surface area contributed by atoms with E-state index in [2.05, 4.69) is 17.0 Å². The van der Waals surface area contributed by atoms with Crippen molar-refractivity contribution in [2.75, 3.05) is 46.6 Å². The highest BCUT2D eigenvalue weighted by atomic mass is 16.5. The third kappa shape index (κ3) is 8.46. The van der Waals surface area contributed by atoms with Gasteiger partial charge in [0.1, 0.15) is 5.84 Å². The highest BCUT2D eigenvalue weighted by Crippen LogP contribution is 1.92. The van der Waals surface area contributed by atoms with Gasteiger partial charge in [0, 0.05) is 26.6 Å². The number of rotatable bonds is 10. The molecule has 0 atom stereocenters. The third-order valence-corrected chi connectivity index (χ3v) is 2.24. The van der Waals surface area contributed by atoms with E-state index < -0.39 is 0 Å². The Balaban J connectivity index is 3.51. The standard InChI is InChI=1S/C10H23N3O3/c1-3-13(5-4-10(11)12-14)6-7-16-9-8-15-2/h14H,3-9H2,1-2H3,(H2,11,12). The molecule has 0 radical (unpaired) electrons. The average Bonchev–Trinajstić information content (AvgIpc) is 2.32. The smallest absolute Gasteiger partial charge is 0.140 e. The number of nitrogens with zero attached hydrogens (tertiary/aromatic N) is 2. The second-order valence-electron chi connectivity index (χ2n) is 3.38. The van der Waals surface area contributed by atoms with Crippen molar-refractivity contribution in [3.8, 4) is 0 Å². The largest absolute Gasteiger partial charge is 0.409 e. The van der Waals surface area contributed by atoms with Gasteiger partial charge in [0.15, 0.2) is 0 Å². The van der Waals surface area contributed by atoms with Crippen LogP contribution in [0.2, 0.25) is 0 Å². The monoisotopic (exact) mass is 233 g/mol. The van der Waals surface area contributed by atoms with E-state index in [-0.39, 0.29) is 5.84 Å². The summed E-state index contributed by atoms with van der Waals surface area (Å²) < 4.78 is 10.2. The summed E-state index contributed by atoms with van der Waals surface area (Å²) in [4.78, 5) is 2.19. The van der Waals surface area contributed by atoms with E-state index >= 15 is 0 Å². The van der Waals surface area contributed by atoms with Crippen LogP contribution in [-0.4, -0.2) is 62.5 Å². The fourth-order valence-corrected chi connectivity index (χ4v) is 1.19. The average molecular weight is 233 g/mol. The Morgan fingerprint density at radius 2 is 2.06 bits per heavy atom. The zero-order chi connectivity index (χ0) is 12.2. The first kappa shape index (κ1) is 15.2. The van der Waals surface area contributed by atoms with Crippen molar-refractivity contribution >= 4 is 5.84 Å². The van der Waals surface area contributed by atoms with Gasteiger partial charge in [0.25, 0.3) is 0 Å². The molecule has 0 aromatic carbocycles. The molecule has 0 aliphatic rings. The fourth-order valence-electron chi connectivity index (χ4n) is 1.19. The lowest BCUT2D eigenvalue weighted by Gasteiger charge is -2.19. The lowest BCUT2D eigenvalue weighted by atomic mass is 10.3. The number of likely N-dealkylation sites (N-methyl/N-ethyl adjacent to an activating group) is 1. The van der Waals surface area contributed by atoms with Crippen molar-refractivity contribution in [3.05, 3.63) is 0 Å². The maximum absolute atomic E-state index is 8.40. The minimum atomic E-state index is 0.263. The summed E-state index contributed by atoms with van der Waals surface area (Å²) in [5.74, 6) is 0.263. The predicted octanol–water partition coefficient (Wildman–Crippen LogP) is 0.108. The highest BCUT2D eigenvalue weighted by molar-refractivity contribution is 5.79. The topological polar surface area (TPSA) is 80.3 Å². The van der Waals surface area contributed by atoms with Gasteiger partial charge in [-0.25, -0.2) is 0 Å². The van der Waals surface area contributed by atoms with Crippen LogP contribution in [0.5, 0.6) is 0 Å². The zero-order valence-corrected chi connectivity index (χ0v) is 10.2. The Kier molecular flexibility index (Phi) is 10.1. The maximum Gasteiger partial charge on any atom is 0.140 e. The van der Waals surface area contributed by atoms with Crippen LogP contribution in [0.15, 0.2) is 5.16 Å². The van der Waals surface area contributed by atoms with Crippen molar-refractivity contribution in [2.45, 2.75) is 13.3 Å². The number of oxime groups is 1. The van der Waals surface area contributed by atoms with Crippen LogP contribution in [0.25, 0.3) is 0 Å². The Hall–Kier alpha value is -0.850. The van der Waals surface area contributed by atoms with Crippen LogP contribution in [0.1, 0.15) is 13.3 Å². The fraction of sp³-hybridized carbons (Fsp3) is 0.900. The Morgan fingerprint density at radius 1 is 1.31 bits per heavy atom. The van der Waals surface area contributed by atoms with E-state index in [9.17, 15) is 0 Å². The van der Waals surface area contributed by atoms with Crippen LogP contribution in [0.3, 0.4) is 0 Å². The van der Waals surface area contributed by atoms with Gasteiger partial charge >= 0.3 is 0 Å². The molecule has 96 valence electrons. The van der Waals surface area contributed by atoms with Crippen LogP contribution < -0.4 is 5.73 Å². The summed E-state index contributed by atoms with van der Waals surface area (Å²) >= 11 is 0. The molecule has 0 aliphatic carbocycles. The first-order valence-electron chi connectivity index (χ1n) is 5.50. The van der Waals surface area contributed by atoms with Crippen LogP contribution in [0, 0.1) is 0 Å². The summed E-state index contributed by atoms with van der Waals surface area (Å²) in [6.07, 6.45) is 0.572. The minimum Gasteiger partial charge on any atom is -0.409 e. The van der Waals surface area contributed by atoms with Gasteiger partial charge in [-0.15, -0.1) is 0 Å². The van der Waals surface area contributed by atoms with Crippen molar-refractivity contribution in [1.82, 2.24) is 4.90 Å². The molecule has 0 heterocycles. The first-order chi connectivity index (χ1) is 7.74. The Morgan fingerprint density at radius 3 is 2.62 bits per heavy atom. The summed E-state index contributed by atoms with van der Waals surface area (Å²) in [5, 5.41) is 11.3. The number of amidine groups is 1. The predicted molar refractivity (Wildman–Crippen MR) is 62.8 cm³/mol.